The fourth-order valence-electron chi connectivity index (χ4n) is 4.95. The quantitative estimate of drug-likeness (QED) is 0.242. The van der Waals surface area contributed by atoms with Gasteiger partial charge in [0.25, 0.3) is 0 Å². The van der Waals surface area contributed by atoms with Gasteiger partial charge in [-0.1, -0.05) is 54.6 Å². The Labute approximate surface area is 210 Å². The van der Waals surface area contributed by atoms with E-state index in [2.05, 4.69) is 0 Å². The Morgan fingerprint density at radius 2 is 1.03 bits per heavy atom. The molecule has 5 nitrogen and oxygen atoms in total. The zero-order chi connectivity index (χ0) is 24.9. The molecule has 0 amide bonds. The average Bonchev–Trinajstić information content (AvgIpc) is 2.94. The lowest BCUT2D eigenvalue weighted by atomic mass is 10.1. The van der Waals surface area contributed by atoms with Crippen molar-refractivity contribution in [3.63, 3.8) is 0 Å². The van der Waals surface area contributed by atoms with Crippen molar-refractivity contribution in [1.29, 1.82) is 0 Å². The number of fused-ring (bicyclic) bond motifs is 4. The van der Waals surface area contributed by atoms with E-state index in [9.17, 15) is 9.59 Å². The first-order valence-electron chi connectivity index (χ1n) is 11.9. The van der Waals surface area contributed by atoms with Gasteiger partial charge in [-0.25, -0.2) is 0 Å². The molecule has 0 fully saturated rings. The summed E-state index contributed by atoms with van der Waals surface area (Å²) < 4.78 is 12.3. The van der Waals surface area contributed by atoms with E-state index in [4.69, 9.17) is 8.83 Å². The minimum absolute atomic E-state index is 0.179. The normalized spacial score (nSPS) is 11.5. The molecule has 0 bridgehead atoms. The smallest absolute Gasteiger partial charge is 0.202 e. The summed E-state index contributed by atoms with van der Waals surface area (Å²) in [6.45, 7) is 0. The SMILES string of the molecule is O=c1c2ccccc2oc2cc3oc4cccc(N(c5ccccc5)c5ccccc5)c4c(=O)c3cc12. The Hall–Kier alpha value is -5.16. The van der Waals surface area contributed by atoms with Crippen molar-refractivity contribution in [2.24, 2.45) is 0 Å². The lowest BCUT2D eigenvalue weighted by Gasteiger charge is -2.26. The lowest BCUT2D eigenvalue weighted by molar-refractivity contribution is 0.646. The van der Waals surface area contributed by atoms with E-state index in [1.54, 1.807) is 36.4 Å². The molecule has 0 N–H and O–H groups in total. The van der Waals surface area contributed by atoms with E-state index in [0.717, 1.165) is 11.4 Å². The molecule has 2 aromatic heterocycles. The van der Waals surface area contributed by atoms with Gasteiger partial charge in [0.2, 0.25) is 10.9 Å². The monoisotopic (exact) mass is 481 g/mol. The molecule has 0 atom stereocenters. The van der Waals surface area contributed by atoms with Crippen LogP contribution in [0.15, 0.2) is 134 Å². The van der Waals surface area contributed by atoms with Crippen molar-refractivity contribution in [3.05, 3.63) is 136 Å². The minimum atomic E-state index is -0.210. The number of hydrogen-bond donors (Lipinski definition) is 0. The summed E-state index contributed by atoms with van der Waals surface area (Å²) in [5, 5.41) is 1.58. The molecule has 5 heteroatoms. The van der Waals surface area contributed by atoms with Crippen LogP contribution < -0.4 is 15.8 Å². The summed E-state index contributed by atoms with van der Waals surface area (Å²) in [7, 11) is 0. The van der Waals surface area contributed by atoms with Crippen molar-refractivity contribution in [1.82, 2.24) is 0 Å². The lowest BCUT2D eigenvalue weighted by Crippen LogP contribution is -2.14. The summed E-state index contributed by atoms with van der Waals surface area (Å²) >= 11 is 0. The fraction of sp³-hybridized carbons (Fsp3) is 0. The number of hydrogen-bond acceptors (Lipinski definition) is 5. The molecular weight excluding hydrogens is 462 g/mol. The predicted octanol–water partition coefficient (Wildman–Crippen LogP) is 7.68. The van der Waals surface area contributed by atoms with Gasteiger partial charge in [0, 0.05) is 17.4 Å². The van der Waals surface area contributed by atoms with E-state index in [1.807, 2.05) is 83.8 Å². The van der Waals surface area contributed by atoms with Gasteiger partial charge in [-0.2, -0.15) is 0 Å². The van der Waals surface area contributed by atoms with Crippen LogP contribution in [0, 0.1) is 0 Å². The highest BCUT2D eigenvalue weighted by Gasteiger charge is 2.20. The van der Waals surface area contributed by atoms with E-state index in [-0.39, 0.29) is 10.9 Å². The first-order chi connectivity index (χ1) is 18.2. The molecule has 0 radical (unpaired) electrons. The van der Waals surface area contributed by atoms with E-state index in [1.165, 1.54) is 0 Å². The molecule has 7 rings (SSSR count). The molecule has 37 heavy (non-hydrogen) atoms. The second-order valence-corrected chi connectivity index (χ2v) is 8.86. The first kappa shape index (κ1) is 21.1. The summed E-state index contributed by atoms with van der Waals surface area (Å²) in [4.78, 5) is 29.4. The number of para-hydroxylation sites is 3. The molecule has 2 heterocycles. The maximum absolute atomic E-state index is 14.1. The van der Waals surface area contributed by atoms with Crippen molar-refractivity contribution in [2.75, 3.05) is 4.90 Å². The average molecular weight is 482 g/mol. The third kappa shape index (κ3) is 3.32. The highest BCUT2D eigenvalue weighted by molar-refractivity contribution is 6.04. The van der Waals surface area contributed by atoms with Gasteiger partial charge in [0.1, 0.15) is 22.3 Å². The minimum Gasteiger partial charge on any atom is -0.456 e. The third-order valence-electron chi connectivity index (χ3n) is 6.64. The molecule has 0 spiro atoms. The maximum Gasteiger partial charge on any atom is 0.202 e. The van der Waals surface area contributed by atoms with Gasteiger partial charge >= 0.3 is 0 Å². The van der Waals surface area contributed by atoms with Crippen LogP contribution in [0.1, 0.15) is 0 Å². The molecule has 0 saturated heterocycles. The summed E-state index contributed by atoms with van der Waals surface area (Å²) in [6, 6.07) is 35.7. The molecule has 0 aliphatic rings. The van der Waals surface area contributed by atoms with Gasteiger partial charge in [0.05, 0.1) is 27.2 Å². The Morgan fingerprint density at radius 1 is 0.459 bits per heavy atom. The number of benzene rings is 5. The Balaban J connectivity index is 1.57. The van der Waals surface area contributed by atoms with Crippen molar-refractivity contribution < 1.29 is 8.83 Å². The van der Waals surface area contributed by atoms with Crippen molar-refractivity contribution in [2.45, 2.75) is 0 Å². The van der Waals surface area contributed by atoms with Crippen LogP contribution in [0.3, 0.4) is 0 Å². The molecular formula is C32H19NO4. The van der Waals surface area contributed by atoms with Crippen molar-refractivity contribution in [3.8, 4) is 0 Å². The van der Waals surface area contributed by atoms with Gasteiger partial charge in [-0.15, -0.1) is 0 Å². The van der Waals surface area contributed by atoms with E-state index in [0.29, 0.717) is 49.6 Å². The number of anilines is 3. The first-order valence-corrected chi connectivity index (χ1v) is 11.9. The van der Waals surface area contributed by atoms with Crippen molar-refractivity contribution >= 4 is 60.9 Å². The number of nitrogens with zero attached hydrogens (tertiary/aromatic N) is 1. The molecule has 0 unspecified atom stereocenters. The van der Waals surface area contributed by atoms with Crippen LogP contribution in [0.5, 0.6) is 0 Å². The van der Waals surface area contributed by atoms with Gasteiger partial charge in [-0.3, -0.25) is 9.59 Å². The Kier molecular flexibility index (Phi) is 4.69. The highest BCUT2D eigenvalue weighted by Crippen LogP contribution is 2.38. The standard InChI is InChI=1S/C32H19NO4/c34-31-22-14-7-8-16-26(22)36-28-19-29-24(18-23(28)31)32(35)30-25(15-9-17-27(30)37-29)33(20-10-3-1-4-11-20)21-12-5-2-6-13-21/h1-19H. The van der Waals surface area contributed by atoms with Crippen LogP contribution >= 0.6 is 0 Å². The third-order valence-corrected chi connectivity index (χ3v) is 6.64. The second-order valence-electron chi connectivity index (χ2n) is 8.86. The van der Waals surface area contributed by atoms with Crippen LogP contribution in [0.25, 0.3) is 43.9 Å². The topological polar surface area (TPSA) is 63.7 Å². The molecule has 5 aromatic carbocycles. The summed E-state index contributed by atoms with van der Waals surface area (Å²) in [6.07, 6.45) is 0. The molecule has 176 valence electrons. The predicted molar refractivity (Wildman–Crippen MR) is 148 cm³/mol. The molecule has 0 saturated carbocycles. The second kappa shape index (κ2) is 8.21. The zero-order valence-electron chi connectivity index (χ0n) is 19.5. The molecule has 0 aliphatic carbocycles. The summed E-state index contributed by atoms with van der Waals surface area (Å²) in [5.41, 5.74) is 3.81. The number of rotatable bonds is 3. The summed E-state index contributed by atoms with van der Waals surface area (Å²) in [5.74, 6) is 0. The van der Waals surface area contributed by atoms with Gasteiger partial charge in [0.15, 0.2) is 0 Å². The largest absolute Gasteiger partial charge is 0.456 e. The van der Waals surface area contributed by atoms with E-state index >= 15 is 0 Å². The van der Waals surface area contributed by atoms with Gasteiger partial charge < -0.3 is 13.7 Å². The van der Waals surface area contributed by atoms with Gasteiger partial charge in [-0.05, 0) is 54.6 Å². The molecule has 7 aromatic rings. The van der Waals surface area contributed by atoms with Crippen LogP contribution in [-0.2, 0) is 0 Å². The zero-order valence-corrected chi connectivity index (χ0v) is 19.5. The Morgan fingerprint density at radius 3 is 1.73 bits per heavy atom. The van der Waals surface area contributed by atoms with Crippen LogP contribution in [0.2, 0.25) is 0 Å². The Bertz CT molecular complexity index is 2040. The maximum atomic E-state index is 14.1. The van der Waals surface area contributed by atoms with Crippen LogP contribution in [-0.4, -0.2) is 0 Å². The molecule has 0 aliphatic heterocycles. The van der Waals surface area contributed by atoms with Crippen LogP contribution in [0.4, 0.5) is 17.1 Å². The highest BCUT2D eigenvalue weighted by atomic mass is 16.3. The fourth-order valence-corrected chi connectivity index (χ4v) is 4.95. The van der Waals surface area contributed by atoms with E-state index < -0.39 is 0 Å².